The molecule has 1 fully saturated rings. The Labute approximate surface area is 150 Å². The molecule has 128 valence electrons. The average molecular weight is 353 g/mol. The van der Waals surface area contributed by atoms with Crippen LogP contribution in [-0.4, -0.2) is 34.7 Å². The van der Waals surface area contributed by atoms with Gasteiger partial charge in [-0.05, 0) is 48.1 Å². The van der Waals surface area contributed by atoms with Crippen LogP contribution in [0.15, 0.2) is 47.2 Å². The molecule has 0 saturated carbocycles. The maximum absolute atomic E-state index is 13.0. The zero-order valence-electron chi connectivity index (χ0n) is 13.9. The van der Waals surface area contributed by atoms with Gasteiger partial charge in [0.15, 0.2) is 0 Å². The Morgan fingerprint density at radius 2 is 2.28 bits per heavy atom. The number of carbonyl (C=O) groups excluding carboxylic acids is 1. The second-order valence-corrected chi connectivity index (χ2v) is 6.89. The maximum atomic E-state index is 13.0. The number of H-pyrrole nitrogens is 1. The number of methoxy groups -OCH3 is 1. The van der Waals surface area contributed by atoms with Crippen molar-refractivity contribution in [1.29, 1.82) is 0 Å². The molecular weight excluding hydrogens is 334 g/mol. The summed E-state index contributed by atoms with van der Waals surface area (Å²) in [4.78, 5) is 14.9. The van der Waals surface area contributed by atoms with Crippen LogP contribution in [-0.2, 0) is 0 Å². The Kier molecular flexibility index (Phi) is 4.28. The molecule has 3 aromatic rings. The number of amides is 1. The molecule has 0 bridgehead atoms. The van der Waals surface area contributed by atoms with Crippen LogP contribution in [0.4, 0.5) is 0 Å². The number of ether oxygens (including phenoxy) is 1. The fourth-order valence-corrected chi connectivity index (χ4v) is 4.00. The monoisotopic (exact) mass is 353 g/mol. The van der Waals surface area contributed by atoms with Gasteiger partial charge in [-0.1, -0.05) is 12.1 Å². The molecule has 1 aliphatic heterocycles. The number of benzene rings is 1. The van der Waals surface area contributed by atoms with Crippen LogP contribution < -0.4 is 4.74 Å². The van der Waals surface area contributed by atoms with E-state index >= 15 is 0 Å². The molecule has 0 spiro atoms. The van der Waals surface area contributed by atoms with E-state index in [-0.39, 0.29) is 11.9 Å². The summed E-state index contributed by atoms with van der Waals surface area (Å²) in [6.07, 6.45) is 1.96. The van der Waals surface area contributed by atoms with E-state index in [1.807, 2.05) is 46.0 Å². The van der Waals surface area contributed by atoms with Gasteiger partial charge >= 0.3 is 0 Å². The van der Waals surface area contributed by atoms with Crippen LogP contribution >= 0.6 is 11.3 Å². The molecule has 3 heterocycles. The lowest BCUT2D eigenvalue weighted by Crippen LogP contribution is -2.30. The number of hydrogen-bond acceptors (Lipinski definition) is 4. The third kappa shape index (κ3) is 3.05. The van der Waals surface area contributed by atoms with E-state index in [0.29, 0.717) is 5.69 Å². The van der Waals surface area contributed by atoms with Gasteiger partial charge in [0.1, 0.15) is 11.4 Å². The van der Waals surface area contributed by atoms with Crippen molar-refractivity contribution < 1.29 is 9.53 Å². The number of rotatable bonds is 4. The standard InChI is InChI=1S/C19H19N3O2S/c1-24-15-5-2-4-13(10-15)18-6-3-8-22(18)19(23)17-11-16(20-21-17)14-7-9-25-12-14/h2,4-5,7,9-12,18H,3,6,8H2,1H3,(H,20,21). The Morgan fingerprint density at radius 1 is 1.36 bits per heavy atom. The van der Waals surface area contributed by atoms with Crippen molar-refractivity contribution in [2.45, 2.75) is 18.9 Å². The molecule has 2 aromatic heterocycles. The molecule has 6 heteroatoms. The minimum Gasteiger partial charge on any atom is -0.497 e. The van der Waals surface area contributed by atoms with Gasteiger partial charge < -0.3 is 9.64 Å². The summed E-state index contributed by atoms with van der Waals surface area (Å²) in [6, 6.07) is 11.9. The van der Waals surface area contributed by atoms with Crippen molar-refractivity contribution in [3.63, 3.8) is 0 Å². The lowest BCUT2D eigenvalue weighted by atomic mass is 10.0. The van der Waals surface area contributed by atoms with Crippen LogP contribution in [0.25, 0.3) is 11.3 Å². The number of aromatic amines is 1. The topological polar surface area (TPSA) is 58.2 Å². The molecule has 5 nitrogen and oxygen atoms in total. The Hall–Kier alpha value is -2.60. The van der Waals surface area contributed by atoms with Crippen molar-refractivity contribution in [2.75, 3.05) is 13.7 Å². The highest BCUT2D eigenvalue weighted by atomic mass is 32.1. The number of likely N-dealkylation sites (tertiary alicyclic amines) is 1. The van der Waals surface area contributed by atoms with E-state index in [9.17, 15) is 4.79 Å². The summed E-state index contributed by atoms with van der Waals surface area (Å²) in [5.74, 6) is 0.817. The molecule has 1 aliphatic rings. The van der Waals surface area contributed by atoms with E-state index < -0.39 is 0 Å². The molecule has 1 N–H and O–H groups in total. The summed E-state index contributed by atoms with van der Waals surface area (Å²) >= 11 is 1.62. The summed E-state index contributed by atoms with van der Waals surface area (Å²) < 4.78 is 5.32. The summed E-state index contributed by atoms with van der Waals surface area (Å²) in [5, 5.41) is 11.2. The summed E-state index contributed by atoms with van der Waals surface area (Å²) in [7, 11) is 1.66. The minimum absolute atomic E-state index is 0.000649. The fraction of sp³-hybridized carbons (Fsp3) is 0.263. The van der Waals surface area contributed by atoms with Crippen LogP contribution in [0, 0.1) is 0 Å². The largest absolute Gasteiger partial charge is 0.497 e. The predicted molar refractivity (Wildman–Crippen MR) is 97.9 cm³/mol. The molecule has 1 aromatic carbocycles. The molecule has 1 saturated heterocycles. The highest BCUT2D eigenvalue weighted by molar-refractivity contribution is 7.08. The van der Waals surface area contributed by atoms with Gasteiger partial charge in [-0.15, -0.1) is 0 Å². The average Bonchev–Trinajstić information content (AvgIpc) is 3.41. The van der Waals surface area contributed by atoms with Gasteiger partial charge in [-0.2, -0.15) is 16.4 Å². The quantitative estimate of drug-likeness (QED) is 0.767. The Bertz CT molecular complexity index is 872. The first-order chi connectivity index (χ1) is 12.3. The SMILES string of the molecule is COc1cccc(C2CCCN2C(=O)c2cc(-c3ccsc3)n[nH]2)c1. The fourth-order valence-electron chi connectivity index (χ4n) is 3.35. The summed E-state index contributed by atoms with van der Waals surface area (Å²) in [6.45, 7) is 0.757. The lowest BCUT2D eigenvalue weighted by molar-refractivity contribution is 0.0729. The second kappa shape index (κ2) is 6.72. The van der Waals surface area contributed by atoms with Crippen LogP contribution in [0.1, 0.15) is 34.9 Å². The molecule has 4 rings (SSSR count). The zero-order chi connectivity index (χ0) is 17.2. The molecule has 0 radical (unpaired) electrons. The predicted octanol–water partition coefficient (Wildman–Crippen LogP) is 4.12. The molecule has 1 atom stereocenters. The van der Waals surface area contributed by atoms with E-state index in [1.165, 1.54) is 0 Å². The normalized spacial score (nSPS) is 17.0. The highest BCUT2D eigenvalue weighted by Gasteiger charge is 2.31. The van der Waals surface area contributed by atoms with E-state index in [1.54, 1.807) is 18.4 Å². The van der Waals surface area contributed by atoms with Crippen LogP contribution in [0.3, 0.4) is 0 Å². The number of nitrogens with one attached hydrogen (secondary N) is 1. The first kappa shape index (κ1) is 15.9. The number of carbonyl (C=O) groups is 1. The van der Waals surface area contributed by atoms with Gasteiger partial charge in [0.2, 0.25) is 0 Å². The van der Waals surface area contributed by atoms with Gasteiger partial charge in [0, 0.05) is 17.5 Å². The highest BCUT2D eigenvalue weighted by Crippen LogP contribution is 2.34. The Balaban J connectivity index is 1.58. The number of thiophene rings is 1. The van der Waals surface area contributed by atoms with Crippen LogP contribution in [0.2, 0.25) is 0 Å². The van der Waals surface area contributed by atoms with Gasteiger partial charge in [-0.3, -0.25) is 9.89 Å². The van der Waals surface area contributed by atoms with Crippen molar-refractivity contribution in [3.8, 4) is 17.0 Å². The van der Waals surface area contributed by atoms with Crippen LogP contribution in [0.5, 0.6) is 5.75 Å². The van der Waals surface area contributed by atoms with Gasteiger partial charge in [-0.25, -0.2) is 0 Å². The lowest BCUT2D eigenvalue weighted by Gasteiger charge is -2.24. The molecular formula is C19H19N3O2S. The maximum Gasteiger partial charge on any atom is 0.272 e. The van der Waals surface area contributed by atoms with Crippen molar-refractivity contribution >= 4 is 17.2 Å². The number of aromatic nitrogens is 2. The zero-order valence-corrected chi connectivity index (χ0v) is 14.8. The molecule has 1 amide bonds. The van der Waals surface area contributed by atoms with Crippen molar-refractivity contribution in [3.05, 3.63) is 58.4 Å². The minimum atomic E-state index is -0.000649. The molecule has 0 aliphatic carbocycles. The number of hydrogen-bond donors (Lipinski definition) is 1. The number of nitrogens with zero attached hydrogens (tertiary/aromatic N) is 2. The van der Waals surface area contributed by atoms with E-state index in [4.69, 9.17) is 4.74 Å². The third-order valence-electron chi connectivity index (χ3n) is 4.62. The van der Waals surface area contributed by atoms with Crippen molar-refractivity contribution in [1.82, 2.24) is 15.1 Å². The molecule has 25 heavy (non-hydrogen) atoms. The smallest absolute Gasteiger partial charge is 0.272 e. The second-order valence-electron chi connectivity index (χ2n) is 6.11. The first-order valence-corrected chi connectivity index (χ1v) is 9.23. The Morgan fingerprint density at radius 3 is 3.08 bits per heavy atom. The third-order valence-corrected chi connectivity index (χ3v) is 5.30. The molecule has 1 unspecified atom stereocenters. The first-order valence-electron chi connectivity index (χ1n) is 8.29. The van der Waals surface area contributed by atoms with Gasteiger partial charge in [0.25, 0.3) is 5.91 Å². The van der Waals surface area contributed by atoms with E-state index in [2.05, 4.69) is 16.3 Å². The van der Waals surface area contributed by atoms with E-state index in [0.717, 1.165) is 42.0 Å². The van der Waals surface area contributed by atoms with Gasteiger partial charge in [0.05, 0.1) is 18.8 Å². The van der Waals surface area contributed by atoms with Crippen molar-refractivity contribution in [2.24, 2.45) is 0 Å². The summed E-state index contributed by atoms with van der Waals surface area (Å²) in [5.41, 5.74) is 3.49.